The van der Waals surface area contributed by atoms with Gasteiger partial charge in [-0.2, -0.15) is 0 Å². The van der Waals surface area contributed by atoms with Crippen LogP contribution in [-0.2, 0) is 115 Å². The van der Waals surface area contributed by atoms with Gasteiger partial charge >= 0.3 is 111 Å². The Hall–Kier alpha value is 1.78. The number of hydrogen-bond donors (Lipinski definition) is 0. The van der Waals surface area contributed by atoms with E-state index in [1.54, 1.807) is 0 Å². The summed E-state index contributed by atoms with van der Waals surface area (Å²) >= 11 is 0. The second-order valence-corrected chi connectivity index (χ2v) is 94.6. The number of fused-ring (bicyclic) bond motifs is 25. The molecule has 12 saturated heterocycles. The predicted molar refractivity (Wildman–Crippen MR) is 516 cm³/mol. The summed E-state index contributed by atoms with van der Waals surface area (Å²) in [6, 6.07) is 10.7. The lowest BCUT2D eigenvalue weighted by Crippen LogP contribution is -2.67. The molecule has 22 fully saturated rings. The first-order chi connectivity index (χ1) is 61.4. The number of rotatable bonds is 43. The number of ether oxygens (including phenoxy) is 13. The summed E-state index contributed by atoms with van der Waals surface area (Å²) in [7, 11) is -33.8. The van der Waals surface area contributed by atoms with Crippen molar-refractivity contribution in [2.24, 2.45) is 88.8 Å². The van der Waals surface area contributed by atoms with Gasteiger partial charge in [0.2, 0.25) is 0 Å². The van der Waals surface area contributed by atoms with Crippen LogP contribution in [0.1, 0.15) is 149 Å². The summed E-state index contributed by atoms with van der Waals surface area (Å²) in [4.78, 5) is 0. The first-order valence-corrected chi connectivity index (χ1v) is 85.9. The monoisotopic (exact) mass is 2030 g/mol. The van der Waals surface area contributed by atoms with Crippen LogP contribution in [0.3, 0.4) is 0 Å². The van der Waals surface area contributed by atoms with Crippen LogP contribution < -0.4 is 0 Å². The zero-order chi connectivity index (χ0) is 89.7. The van der Waals surface area contributed by atoms with Gasteiger partial charge in [-0.05, 0) is 375 Å². The van der Waals surface area contributed by atoms with Gasteiger partial charge in [0.05, 0.1) is 114 Å². The molecule has 10 aliphatic carbocycles. The minimum absolute atomic E-state index is 0.305. The average Bonchev–Trinajstić information content (AvgIpc) is 1.57. The van der Waals surface area contributed by atoms with Crippen molar-refractivity contribution in [3.63, 3.8) is 0 Å². The topological polar surface area (TPSA) is 270 Å². The van der Waals surface area contributed by atoms with Gasteiger partial charge in [-0.1, -0.05) is 26.7 Å². The SMILES string of the molecule is CCC[Si]1(C)O[Si](C)(CCCOCC2CO2)O[Si](C)(CCC)O[Si](C)(CCCOCC2CO2)O1.C[Si]1(C)O[Si](C)(CCCOCC2CO2)O[Si](C)(C)O[Si](C)(CCCOCC2CO2)O1.C[Si]1(CCC2CC3CC2C2OC32)O[Si](C)(CCC2CC3CC2C2OC32)O[Si](C)(CCC2CC3CC2C2OC32)O[Si](C)(CCC2CC3CC2C2OC32)O[Si](C)(CCC2CC3CC2C2OC32)O1. The summed E-state index contributed by atoms with van der Waals surface area (Å²) in [5.41, 5.74) is 0. The molecule has 736 valence electrons. The third-order valence-electron chi connectivity index (χ3n) is 34.7. The smallest absolute Gasteiger partial charge is 0.317 e. The standard InChI is InChI=1S/C50H80O10Si5.C22H48O8Si4.C18H40O8Si4/c1-61(11-6-26-16-31-21-36(26)46-41(31)51-46)56-62(2,12-7-27-17-32-22-37(27)47-42(32)52-47)58-64(4,14-9-29-19-34-24-39(29)49-44(34)54-49)60-65(5,15-10-30-20-35-25-40(30)50-45(35)55-50)59-63(3,57-61)13-8-28-18-33-23-38(28)48-43(33)53-48;1-7-13-31(3)27-33(5,15-9-11-23-17-21-19-25-21)29-32(4,14-8-2)30-34(6,28-31)16-10-12-24-18-22-20-26-22;1-27(2)23-29(5,11-7-9-19-13-17-15-21-17)25-28(3,4)26-30(6,24-27)12-8-10-20-14-18-16-22-18/h26-50H,6-25H2,1-5H3;21-22H,7-20H2,1-6H3;17-18H,7-16H2,1-6H3. The fraction of sp³-hybridized carbons (Fsp3) is 1.00. The van der Waals surface area contributed by atoms with Gasteiger partial charge in [-0.15, -0.1) is 0 Å². The van der Waals surface area contributed by atoms with Crippen molar-refractivity contribution >= 4 is 111 Å². The molecule has 29 unspecified atom stereocenters. The normalized spacial score (nSPS) is 52.4. The molecule has 0 radical (unpaired) electrons. The van der Waals surface area contributed by atoms with E-state index in [4.69, 9.17) is 115 Å². The molecule has 10 saturated carbocycles. The van der Waals surface area contributed by atoms with Crippen LogP contribution in [0.2, 0.25) is 165 Å². The zero-order valence-corrected chi connectivity index (χ0v) is 95.0. The van der Waals surface area contributed by atoms with Crippen LogP contribution in [0.15, 0.2) is 0 Å². The first kappa shape index (κ1) is 98.2. The molecular weight excluding hydrogens is 1860 g/mol. The molecule has 0 N–H and O–H groups in total. The molecule has 0 spiro atoms. The largest absolute Gasteiger partial charge is 0.416 e. The van der Waals surface area contributed by atoms with E-state index in [0.717, 1.165) is 220 Å². The van der Waals surface area contributed by atoms with Crippen molar-refractivity contribution in [1.82, 2.24) is 0 Å². The maximum absolute atomic E-state index is 8.14. The third-order valence-corrected chi connectivity index (χ3v) is 94.4. The Labute approximate surface area is 787 Å². The summed E-state index contributed by atoms with van der Waals surface area (Å²) in [5, 5.41) is 0. The molecule has 26 nitrogen and oxygen atoms in total. The molecule has 12 aliphatic heterocycles. The molecule has 12 heterocycles. The number of epoxide rings is 9. The Morgan fingerprint density at radius 2 is 0.395 bits per heavy atom. The van der Waals surface area contributed by atoms with E-state index < -0.39 is 111 Å². The summed E-state index contributed by atoms with van der Waals surface area (Å²) < 4.78 is 171. The lowest BCUT2D eigenvalue weighted by Gasteiger charge is -2.51. The highest BCUT2D eigenvalue weighted by molar-refractivity contribution is 6.96. The fourth-order valence-corrected chi connectivity index (χ4v) is 105. The molecule has 0 amide bonds. The van der Waals surface area contributed by atoms with E-state index in [2.05, 4.69) is 112 Å². The van der Waals surface area contributed by atoms with E-state index in [-0.39, 0.29) is 0 Å². The average molecular weight is 2030 g/mol. The molecule has 22 rings (SSSR count). The lowest BCUT2D eigenvalue weighted by atomic mass is 9.87. The van der Waals surface area contributed by atoms with Crippen LogP contribution in [0, 0.1) is 88.8 Å². The van der Waals surface area contributed by atoms with Crippen LogP contribution >= 0.6 is 0 Å². The minimum Gasteiger partial charge on any atom is -0.416 e. The van der Waals surface area contributed by atoms with Crippen molar-refractivity contribution in [3.05, 3.63) is 0 Å². The Morgan fingerprint density at radius 3 is 0.566 bits per heavy atom. The van der Waals surface area contributed by atoms with Gasteiger partial charge in [0.1, 0.15) is 24.4 Å². The quantitative estimate of drug-likeness (QED) is 0.0312. The summed E-state index contributed by atoms with van der Waals surface area (Å²) in [5.74, 6) is 11.3. The van der Waals surface area contributed by atoms with Crippen LogP contribution in [0.5, 0.6) is 0 Å². The van der Waals surface area contributed by atoms with Crippen molar-refractivity contribution < 1.29 is 115 Å². The molecule has 0 aromatic rings. The molecule has 0 aromatic heterocycles. The first-order valence-electron chi connectivity index (χ1n) is 52.5. The molecule has 10 bridgehead atoms. The fourth-order valence-electron chi connectivity index (χ4n) is 29.5. The van der Waals surface area contributed by atoms with Gasteiger partial charge in [0.25, 0.3) is 0 Å². The maximum Gasteiger partial charge on any atom is 0.317 e. The second-order valence-electron chi connectivity index (χ2n) is 47.9. The van der Waals surface area contributed by atoms with E-state index in [9.17, 15) is 0 Å². The molecule has 29 atom stereocenters. The Kier molecular flexibility index (Phi) is 29.2. The van der Waals surface area contributed by atoms with Gasteiger partial charge < -0.3 is 115 Å². The molecule has 39 heteroatoms. The summed E-state index contributed by atoms with van der Waals surface area (Å²) in [6.45, 7) is 47.6. The van der Waals surface area contributed by atoms with Gasteiger partial charge in [-0.3, -0.25) is 0 Å². The van der Waals surface area contributed by atoms with Gasteiger partial charge in [0.15, 0.2) is 0 Å². The molecule has 22 aliphatic rings. The predicted octanol–water partition coefficient (Wildman–Crippen LogP) is 17.5. The molecule has 0 aromatic carbocycles. The van der Waals surface area contributed by atoms with Gasteiger partial charge in [-0.25, -0.2) is 0 Å². The molecule has 129 heavy (non-hydrogen) atoms. The maximum atomic E-state index is 8.14. The van der Waals surface area contributed by atoms with Crippen molar-refractivity contribution in [2.45, 2.75) is 399 Å². The molecular formula is C90H168O26Si13. The van der Waals surface area contributed by atoms with Crippen LogP contribution in [0.25, 0.3) is 0 Å². The van der Waals surface area contributed by atoms with Crippen molar-refractivity contribution in [3.8, 4) is 0 Å². The highest BCUT2D eigenvalue weighted by atomic mass is 28.5. The highest BCUT2D eigenvalue weighted by Crippen LogP contribution is 2.66. The Morgan fingerprint density at radius 1 is 0.217 bits per heavy atom. The van der Waals surface area contributed by atoms with Crippen molar-refractivity contribution in [2.75, 3.05) is 79.3 Å². The second kappa shape index (κ2) is 38.4. The van der Waals surface area contributed by atoms with E-state index >= 15 is 0 Å². The van der Waals surface area contributed by atoms with Crippen LogP contribution in [0.4, 0.5) is 0 Å². The van der Waals surface area contributed by atoms with E-state index in [1.165, 1.54) is 96.3 Å². The van der Waals surface area contributed by atoms with Gasteiger partial charge in [0, 0.05) is 26.4 Å². The zero-order valence-electron chi connectivity index (χ0n) is 82.0. The number of hydrogen-bond acceptors (Lipinski definition) is 26. The van der Waals surface area contributed by atoms with Crippen molar-refractivity contribution in [1.29, 1.82) is 0 Å². The van der Waals surface area contributed by atoms with Crippen LogP contribution in [-0.4, -0.2) is 276 Å². The minimum atomic E-state index is -2.86. The lowest BCUT2D eigenvalue weighted by molar-refractivity contribution is 0.114. The highest BCUT2D eigenvalue weighted by Gasteiger charge is 2.70. The van der Waals surface area contributed by atoms with E-state index in [1.807, 2.05) is 0 Å². The summed E-state index contributed by atoms with van der Waals surface area (Å²) in [6.07, 6.45) is 32.1. The third kappa shape index (κ3) is 24.2. The van der Waals surface area contributed by atoms with E-state index in [0.29, 0.717) is 138 Å². The Bertz CT molecular complexity index is 3350. The Balaban J connectivity index is 0.000000138.